The molecule has 0 amide bonds. The Kier molecular flexibility index (Phi) is 4.87. The molecular weight excluding hydrogens is 335 g/mol. The number of rotatable bonds is 3. The van der Waals surface area contributed by atoms with E-state index >= 15 is 0 Å². The zero-order valence-electron chi connectivity index (χ0n) is 13.1. The molecule has 1 fully saturated rings. The fourth-order valence-electron chi connectivity index (χ4n) is 2.61. The third kappa shape index (κ3) is 3.85. The Bertz CT molecular complexity index is 702. The molecule has 5 nitrogen and oxygen atoms in total. The molecule has 1 saturated heterocycles. The average Bonchev–Trinajstić information content (AvgIpc) is 2.52. The van der Waals surface area contributed by atoms with E-state index in [4.69, 9.17) is 27.9 Å². The first-order valence-corrected chi connectivity index (χ1v) is 8.31. The number of ether oxygens (including phenoxy) is 1. The van der Waals surface area contributed by atoms with E-state index in [0.717, 1.165) is 43.1 Å². The van der Waals surface area contributed by atoms with Crippen LogP contribution >= 0.6 is 23.2 Å². The fraction of sp³-hybridized carbons (Fsp3) is 0.438. The zero-order chi connectivity index (χ0) is 16.4. The van der Waals surface area contributed by atoms with Gasteiger partial charge in [-0.1, -0.05) is 23.2 Å². The van der Waals surface area contributed by atoms with Gasteiger partial charge >= 0.3 is 0 Å². The summed E-state index contributed by atoms with van der Waals surface area (Å²) in [7, 11) is 0. The largest absolute Gasteiger partial charge is 0.473 e. The molecule has 0 aliphatic carbocycles. The highest BCUT2D eigenvalue weighted by Gasteiger charge is 2.24. The van der Waals surface area contributed by atoms with Crippen LogP contribution in [-0.4, -0.2) is 34.1 Å². The number of aryl methyl sites for hydroxylation is 2. The van der Waals surface area contributed by atoms with Gasteiger partial charge in [0.05, 0.1) is 21.4 Å². The van der Waals surface area contributed by atoms with Gasteiger partial charge in [-0.2, -0.15) is 0 Å². The maximum Gasteiger partial charge on any atom is 0.235 e. The summed E-state index contributed by atoms with van der Waals surface area (Å²) in [5.74, 6) is 1.41. The smallest absolute Gasteiger partial charge is 0.235 e. The lowest BCUT2D eigenvalue weighted by molar-refractivity contribution is 0.161. The molecule has 1 aliphatic rings. The van der Waals surface area contributed by atoms with Crippen LogP contribution in [0.15, 0.2) is 18.5 Å². The van der Waals surface area contributed by atoms with Crippen molar-refractivity contribution >= 4 is 29.0 Å². The number of halogens is 2. The van der Waals surface area contributed by atoms with Crippen LogP contribution in [0.4, 0.5) is 5.82 Å². The summed E-state index contributed by atoms with van der Waals surface area (Å²) < 4.78 is 6.03. The summed E-state index contributed by atoms with van der Waals surface area (Å²) >= 11 is 12.1. The summed E-state index contributed by atoms with van der Waals surface area (Å²) in [5.41, 5.74) is 1.68. The summed E-state index contributed by atoms with van der Waals surface area (Å²) in [5, 5.41) is 1.13. The molecule has 0 bridgehead atoms. The molecule has 3 heterocycles. The van der Waals surface area contributed by atoms with Gasteiger partial charge in [-0.3, -0.25) is 4.98 Å². The molecule has 1 aliphatic heterocycles. The number of pyridine rings is 1. The van der Waals surface area contributed by atoms with Crippen LogP contribution in [0, 0.1) is 13.8 Å². The Hall–Kier alpha value is -1.59. The van der Waals surface area contributed by atoms with E-state index in [9.17, 15) is 0 Å². The second-order valence-electron chi connectivity index (χ2n) is 5.67. The quantitative estimate of drug-likeness (QED) is 0.839. The lowest BCUT2D eigenvalue weighted by Crippen LogP contribution is -2.39. The summed E-state index contributed by atoms with van der Waals surface area (Å²) in [6.45, 7) is 5.49. The van der Waals surface area contributed by atoms with Crippen LogP contribution in [-0.2, 0) is 0 Å². The normalized spacial score (nSPS) is 15.7. The standard InChI is InChI=1S/C16H18Cl2N4O/c1-10-8-19-11(2)16(21-10)23-13-3-5-22(6-4-13)15-14(18)7-12(17)9-20-15/h7-9,13H,3-6H2,1-2H3. The van der Waals surface area contributed by atoms with E-state index in [-0.39, 0.29) is 6.10 Å². The van der Waals surface area contributed by atoms with Crippen LogP contribution in [0.3, 0.4) is 0 Å². The van der Waals surface area contributed by atoms with Crippen molar-refractivity contribution in [2.24, 2.45) is 0 Å². The first-order valence-electron chi connectivity index (χ1n) is 7.56. The lowest BCUT2D eigenvalue weighted by atomic mass is 10.1. The highest BCUT2D eigenvalue weighted by molar-refractivity contribution is 6.36. The molecular formula is C16H18Cl2N4O. The van der Waals surface area contributed by atoms with Gasteiger partial charge in [-0.05, 0) is 19.9 Å². The minimum absolute atomic E-state index is 0.132. The minimum Gasteiger partial charge on any atom is -0.473 e. The first kappa shape index (κ1) is 16.3. The van der Waals surface area contributed by atoms with Crippen molar-refractivity contribution in [1.29, 1.82) is 0 Å². The van der Waals surface area contributed by atoms with Crippen LogP contribution in [0.2, 0.25) is 10.0 Å². The fourth-order valence-corrected chi connectivity index (χ4v) is 3.11. The van der Waals surface area contributed by atoms with E-state index in [2.05, 4.69) is 19.9 Å². The van der Waals surface area contributed by atoms with E-state index in [1.165, 1.54) is 0 Å². The van der Waals surface area contributed by atoms with E-state index in [1.54, 1.807) is 18.5 Å². The van der Waals surface area contributed by atoms with Crippen LogP contribution in [0.1, 0.15) is 24.2 Å². The molecule has 0 saturated carbocycles. The van der Waals surface area contributed by atoms with Gasteiger partial charge in [0.2, 0.25) is 5.88 Å². The number of piperidine rings is 1. The molecule has 0 atom stereocenters. The average molecular weight is 353 g/mol. The molecule has 7 heteroatoms. The van der Waals surface area contributed by atoms with Gasteiger partial charge in [0, 0.05) is 38.3 Å². The molecule has 0 radical (unpaired) electrons. The van der Waals surface area contributed by atoms with Crippen LogP contribution < -0.4 is 9.64 Å². The van der Waals surface area contributed by atoms with Crippen LogP contribution in [0.5, 0.6) is 5.88 Å². The van der Waals surface area contributed by atoms with Crippen molar-refractivity contribution in [3.8, 4) is 5.88 Å². The van der Waals surface area contributed by atoms with Gasteiger partial charge in [0.25, 0.3) is 0 Å². The Morgan fingerprint density at radius 2 is 1.87 bits per heavy atom. The second kappa shape index (κ2) is 6.89. The SMILES string of the molecule is Cc1cnc(C)c(OC2CCN(c3ncc(Cl)cc3Cl)CC2)n1. The van der Waals surface area contributed by atoms with E-state index in [1.807, 2.05) is 13.8 Å². The molecule has 0 spiro atoms. The van der Waals surface area contributed by atoms with E-state index < -0.39 is 0 Å². The van der Waals surface area contributed by atoms with Gasteiger partial charge < -0.3 is 9.64 Å². The highest BCUT2D eigenvalue weighted by Crippen LogP contribution is 2.29. The molecule has 0 aromatic carbocycles. The number of hydrogen-bond donors (Lipinski definition) is 0. The molecule has 0 N–H and O–H groups in total. The van der Waals surface area contributed by atoms with Crippen molar-refractivity contribution in [3.63, 3.8) is 0 Å². The predicted octanol–water partition coefficient (Wildman–Crippen LogP) is 3.84. The van der Waals surface area contributed by atoms with E-state index in [0.29, 0.717) is 15.9 Å². The minimum atomic E-state index is 0.132. The Labute approximate surface area is 145 Å². The molecule has 122 valence electrons. The van der Waals surface area contributed by atoms with Crippen molar-refractivity contribution < 1.29 is 4.74 Å². The van der Waals surface area contributed by atoms with Crippen molar-refractivity contribution in [3.05, 3.63) is 39.9 Å². The predicted molar refractivity (Wildman–Crippen MR) is 91.6 cm³/mol. The van der Waals surface area contributed by atoms with Gasteiger partial charge in [0.1, 0.15) is 11.9 Å². The second-order valence-corrected chi connectivity index (χ2v) is 6.51. The summed E-state index contributed by atoms with van der Waals surface area (Å²) in [6.07, 6.45) is 5.27. The summed E-state index contributed by atoms with van der Waals surface area (Å²) in [6, 6.07) is 1.72. The van der Waals surface area contributed by atoms with Crippen molar-refractivity contribution in [1.82, 2.24) is 15.0 Å². The number of hydrogen-bond acceptors (Lipinski definition) is 5. The maximum atomic E-state index is 6.23. The highest BCUT2D eigenvalue weighted by atomic mass is 35.5. The number of nitrogens with zero attached hydrogens (tertiary/aromatic N) is 4. The van der Waals surface area contributed by atoms with Gasteiger partial charge in [-0.25, -0.2) is 9.97 Å². The van der Waals surface area contributed by atoms with Gasteiger partial charge in [0.15, 0.2) is 0 Å². The zero-order valence-corrected chi connectivity index (χ0v) is 14.6. The Morgan fingerprint density at radius 1 is 1.13 bits per heavy atom. The van der Waals surface area contributed by atoms with Crippen molar-refractivity contribution in [2.45, 2.75) is 32.8 Å². The summed E-state index contributed by atoms with van der Waals surface area (Å²) in [4.78, 5) is 15.2. The number of anilines is 1. The molecule has 0 unspecified atom stereocenters. The molecule has 23 heavy (non-hydrogen) atoms. The Morgan fingerprint density at radius 3 is 2.57 bits per heavy atom. The third-order valence-corrected chi connectivity index (χ3v) is 4.33. The lowest BCUT2D eigenvalue weighted by Gasteiger charge is -2.33. The topological polar surface area (TPSA) is 51.1 Å². The van der Waals surface area contributed by atoms with Crippen LogP contribution in [0.25, 0.3) is 0 Å². The molecule has 3 rings (SSSR count). The Balaban J connectivity index is 1.63. The third-order valence-electron chi connectivity index (χ3n) is 3.84. The molecule has 2 aromatic heterocycles. The maximum absolute atomic E-state index is 6.23. The first-order chi connectivity index (χ1) is 11.0. The van der Waals surface area contributed by atoms with Gasteiger partial charge in [-0.15, -0.1) is 0 Å². The number of aromatic nitrogens is 3. The monoisotopic (exact) mass is 352 g/mol. The molecule has 2 aromatic rings. The van der Waals surface area contributed by atoms with Crippen molar-refractivity contribution in [2.75, 3.05) is 18.0 Å².